The van der Waals surface area contributed by atoms with Crippen molar-refractivity contribution in [1.29, 1.82) is 0 Å². The van der Waals surface area contributed by atoms with E-state index in [4.69, 9.17) is 9.47 Å². The number of carbonyl (C=O) groups is 1. The number of nitrogens with one attached hydrogen (secondary N) is 1. The van der Waals surface area contributed by atoms with Crippen LogP contribution in [0.1, 0.15) is 16.7 Å². The summed E-state index contributed by atoms with van der Waals surface area (Å²) < 4.78 is 11.2. The summed E-state index contributed by atoms with van der Waals surface area (Å²) in [7, 11) is 0. The second kappa shape index (κ2) is 8.22. The van der Waals surface area contributed by atoms with E-state index in [0.29, 0.717) is 13.2 Å². The van der Waals surface area contributed by atoms with Crippen LogP contribution in [-0.2, 0) is 4.79 Å². The summed E-state index contributed by atoms with van der Waals surface area (Å²) in [6.45, 7) is 6.91. The molecule has 1 N–H and O–H groups in total. The van der Waals surface area contributed by atoms with Crippen LogP contribution in [0.15, 0.2) is 42.5 Å². The molecule has 0 fully saturated rings. The average Bonchev–Trinajstić information content (AvgIpc) is 2.54. The third-order valence-corrected chi connectivity index (χ3v) is 3.69. The molecule has 4 nitrogen and oxygen atoms in total. The molecule has 0 saturated heterocycles. The Kier molecular flexibility index (Phi) is 6.03. The standard InChI is InChI=1S/C19H23NO3/c1-14-8-6-10-18(16(14)3)22-12-11-20-19(21)13-23-17-9-5-4-7-15(17)2/h4-10H,11-13H2,1-3H3,(H,20,21). The van der Waals surface area contributed by atoms with E-state index in [2.05, 4.69) is 5.32 Å². The molecule has 4 heteroatoms. The van der Waals surface area contributed by atoms with Crippen molar-refractivity contribution < 1.29 is 14.3 Å². The summed E-state index contributed by atoms with van der Waals surface area (Å²) in [6, 6.07) is 13.6. The summed E-state index contributed by atoms with van der Waals surface area (Å²) in [5.74, 6) is 1.43. The zero-order chi connectivity index (χ0) is 16.7. The number of amides is 1. The Labute approximate surface area is 137 Å². The van der Waals surface area contributed by atoms with Crippen molar-refractivity contribution in [3.8, 4) is 11.5 Å². The first-order chi connectivity index (χ1) is 11.1. The van der Waals surface area contributed by atoms with Gasteiger partial charge < -0.3 is 14.8 Å². The van der Waals surface area contributed by atoms with Crippen LogP contribution in [0.4, 0.5) is 0 Å². The largest absolute Gasteiger partial charge is 0.491 e. The second-order valence-electron chi connectivity index (χ2n) is 5.45. The van der Waals surface area contributed by atoms with Crippen LogP contribution < -0.4 is 14.8 Å². The van der Waals surface area contributed by atoms with Gasteiger partial charge in [0.1, 0.15) is 18.1 Å². The van der Waals surface area contributed by atoms with Gasteiger partial charge in [0.15, 0.2) is 6.61 Å². The molecule has 0 atom stereocenters. The summed E-state index contributed by atoms with van der Waals surface area (Å²) in [5.41, 5.74) is 3.33. The minimum atomic E-state index is -0.155. The van der Waals surface area contributed by atoms with Crippen molar-refractivity contribution in [3.63, 3.8) is 0 Å². The van der Waals surface area contributed by atoms with E-state index in [1.165, 1.54) is 5.56 Å². The Hall–Kier alpha value is -2.49. The molecule has 0 radical (unpaired) electrons. The first kappa shape index (κ1) is 16.9. The number of rotatable bonds is 7. The van der Waals surface area contributed by atoms with Crippen LogP contribution in [0.5, 0.6) is 11.5 Å². The number of aryl methyl sites for hydroxylation is 2. The molecule has 1 amide bonds. The van der Waals surface area contributed by atoms with Crippen LogP contribution >= 0.6 is 0 Å². The molecule has 0 saturated carbocycles. The normalized spacial score (nSPS) is 10.2. The van der Waals surface area contributed by atoms with Crippen molar-refractivity contribution in [3.05, 3.63) is 59.2 Å². The molecule has 0 aromatic heterocycles. The van der Waals surface area contributed by atoms with Gasteiger partial charge >= 0.3 is 0 Å². The van der Waals surface area contributed by atoms with Gasteiger partial charge in [0.25, 0.3) is 5.91 Å². The molecular formula is C19H23NO3. The summed E-state index contributed by atoms with van der Waals surface area (Å²) >= 11 is 0. The van der Waals surface area contributed by atoms with Crippen molar-refractivity contribution in [2.75, 3.05) is 19.8 Å². The predicted octanol–water partition coefficient (Wildman–Crippen LogP) is 3.19. The molecule has 0 aliphatic rings. The molecule has 23 heavy (non-hydrogen) atoms. The predicted molar refractivity (Wildman–Crippen MR) is 91.1 cm³/mol. The van der Waals surface area contributed by atoms with Crippen molar-refractivity contribution in [1.82, 2.24) is 5.32 Å². The van der Waals surface area contributed by atoms with E-state index in [1.54, 1.807) is 0 Å². The van der Waals surface area contributed by atoms with Gasteiger partial charge in [-0.05, 0) is 49.6 Å². The molecule has 0 bridgehead atoms. The molecular weight excluding hydrogens is 290 g/mol. The van der Waals surface area contributed by atoms with Crippen LogP contribution in [0, 0.1) is 20.8 Å². The maximum Gasteiger partial charge on any atom is 0.258 e. The number of para-hydroxylation sites is 1. The number of hydrogen-bond donors (Lipinski definition) is 1. The van der Waals surface area contributed by atoms with Crippen molar-refractivity contribution >= 4 is 5.91 Å². The highest BCUT2D eigenvalue weighted by Crippen LogP contribution is 2.20. The van der Waals surface area contributed by atoms with Gasteiger partial charge in [-0.1, -0.05) is 30.3 Å². The van der Waals surface area contributed by atoms with E-state index in [0.717, 1.165) is 22.6 Å². The maximum absolute atomic E-state index is 11.8. The van der Waals surface area contributed by atoms with E-state index < -0.39 is 0 Å². The molecule has 0 aliphatic heterocycles. The topological polar surface area (TPSA) is 47.6 Å². The fraction of sp³-hybridized carbons (Fsp3) is 0.316. The molecule has 0 heterocycles. The summed E-state index contributed by atoms with van der Waals surface area (Å²) in [6.07, 6.45) is 0. The summed E-state index contributed by atoms with van der Waals surface area (Å²) in [4.78, 5) is 11.8. The summed E-state index contributed by atoms with van der Waals surface area (Å²) in [5, 5.41) is 2.79. The number of carbonyl (C=O) groups excluding carboxylic acids is 1. The van der Waals surface area contributed by atoms with Gasteiger partial charge in [-0.25, -0.2) is 0 Å². The lowest BCUT2D eigenvalue weighted by Crippen LogP contribution is -2.32. The van der Waals surface area contributed by atoms with E-state index in [-0.39, 0.29) is 12.5 Å². The highest BCUT2D eigenvalue weighted by Gasteiger charge is 2.05. The Morgan fingerprint density at radius 3 is 2.39 bits per heavy atom. The van der Waals surface area contributed by atoms with Crippen molar-refractivity contribution in [2.45, 2.75) is 20.8 Å². The van der Waals surface area contributed by atoms with Gasteiger partial charge in [0.2, 0.25) is 0 Å². The number of hydrogen-bond acceptors (Lipinski definition) is 3. The second-order valence-corrected chi connectivity index (χ2v) is 5.45. The van der Waals surface area contributed by atoms with E-state index in [1.807, 2.05) is 63.2 Å². The fourth-order valence-electron chi connectivity index (χ4n) is 2.14. The van der Waals surface area contributed by atoms with Gasteiger partial charge in [0.05, 0.1) is 6.54 Å². The molecule has 0 spiro atoms. The zero-order valence-corrected chi connectivity index (χ0v) is 13.9. The van der Waals surface area contributed by atoms with Gasteiger partial charge in [-0.15, -0.1) is 0 Å². The minimum absolute atomic E-state index is 0.00826. The van der Waals surface area contributed by atoms with Crippen LogP contribution in [-0.4, -0.2) is 25.7 Å². The third-order valence-electron chi connectivity index (χ3n) is 3.69. The monoisotopic (exact) mass is 313 g/mol. The molecule has 0 aliphatic carbocycles. The Morgan fingerprint density at radius 1 is 0.913 bits per heavy atom. The number of benzene rings is 2. The quantitative estimate of drug-likeness (QED) is 0.799. The maximum atomic E-state index is 11.8. The van der Waals surface area contributed by atoms with Crippen molar-refractivity contribution in [2.24, 2.45) is 0 Å². The molecule has 2 aromatic rings. The SMILES string of the molecule is Cc1ccccc1OCC(=O)NCCOc1cccc(C)c1C. The first-order valence-electron chi connectivity index (χ1n) is 7.72. The molecule has 122 valence electrons. The Bertz CT molecular complexity index is 667. The lowest BCUT2D eigenvalue weighted by molar-refractivity contribution is -0.123. The minimum Gasteiger partial charge on any atom is -0.491 e. The highest BCUT2D eigenvalue weighted by atomic mass is 16.5. The van der Waals surface area contributed by atoms with Crippen LogP contribution in [0.2, 0.25) is 0 Å². The fourth-order valence-corrected chi connectivity index (χ4v) is 2.14. The molecule has 2 aromatic carbocycles. The van der Waals surface area contributed by atoms with E-state index >= 15 is 0 Å². The lowest BCUT2D eigenvalue weighted by atomic mass is 10.1. The van der Waals surface area contributed by atoms with Gasteiger partial charge in [0, 0.05) is 0 Å². The third kappa shape index (κ3) is 5.02. The average molecular weight is 313 g/mol. The lowest BCUT2D eigenvalue weighted by Gasteiger charge is -2.12. The number of ether oxygens (including phenoxy) is 2. The molecule has 2 rings (SSSR count). The zero-order valence-electron chi connectivity index (χ0n) is 13.9. The van der Waals surface area contributed by atoms with Crippen LogP contribution in [0.25, 0.3) is 0 Å². The Balaban J connectivity index is 1.69. The smallest absolute Gasteiger partial charge is 0.258 e. The first-order valence-corrected chi connectivity index (χ1v) is 7.72. The Morgan fingerprint density at radius 2 is 1.61 bits per heavy atom. The van der Waals surface area contributed by atoms with Gasteiger partial charge in [-0.2, -0.15) is 0 Å². The highest BCUT2D eigenvalue weighted by molar-refractivity contribution is 5.77. The van der Waals surface area contributed by atoms with Crippen LogP contribution in [0.3, 0.4) is 0 Å². The van der Waals surface area contributed by atoms with Gasteiger partial charge in [-0.3, -0.25) is 4.79 Å². The molecule has 0 unspecified atom stereocenters. The van der Waals surface area contributed by atoms with E-state index in [9.17, 15) is 4.79 Å².